The highest BCUT2D eigenvalue weighted by Gasteiger charge is 2.33. The van der Waals surface area contributed by atoms with E-state index in [9.17, 15) is 21.6 Å². The maximum absolute atomic E-state index is 13.0. The van der Waals surface area contributed by atoms with Crippen LogP contribution in [0.25, 0.3) is 0 Å². The number of carbonyl (C=O) groups is 1. The minimum Gasteiger partial charge on any atom is -0.349 e. The Balaban J connectivity index is 1.64. The molecule has 2 aromatic carbocycles. The molecule has 0 aromatic heterocycles. The first kappa shape index (κ1) is 26.0. The maximum atomic E-state index is 13.0. The quantitative estimate of drug-likeness (QED) is 0.584. The largest absolute Gasteiger partial charge is 0.349 e. The van der Waals surface area contributed by atoms with Crippen LogP contribution < -0.4 is 5.32 Å². The van der Waals surface area contributed by atoms with Crippen LogP contribution in [0.4, 0.5) is 0 Å². The highest BCUT2D eigenvalue weighted by atomic mass is 35.5. The van der Waals surface area contributed by atoms with Gasteiger partial charge in [-0.15, -0.1) is 0 Å². The van der Waals surface area contributed by atoms with Gasteiger partial charge in [0.2, 0.25) is 15.9 Å². The van der Waals surface area contributed by atoms with Crippen LogP contribution in [0, 0.1) is 5.92 Å². The lowest BCUT2D eigenvalue weighted by atomic mass is 9.98. The molecule has 1 saturated heterocycles. The van der Waals surface area contributed by atoms with Gasteiger partial charge in [-0.05, 0) is 55.2 Å². The molecule has 1 heterocycles. The molecule has 2 atom stereocenters. The van der Waals surface area contributed by atoms with Crippen molar-refractivity contribution < 1.29 is 21.6 Å². The Hall–Kier alpha value is -1.65. The van der Waals surface area contributed by atoms with E-state index in [1.165, 1.54) is 22.5 Å². The normalized spacial score (nSPS) is 18.6. The van der Waals surface area contributed by atoms with Crippen molar-refractivity contribution in [3.05, 3.63) is 63.6 Å². The number of carbonyl (C=O) groups excluding carboxylic acids is 1. The summed E-state index contributed by atoms with van der Waals surface area (Å²) in [6.07, 6.45) is 2.29. The third kappa shape index (κ3) is 6.70. The van der Waals surface area contributed by atoms with Crippen molar-refractivity contribution in [1.82, 2.24) is 9.62 Å². The molecule has 2 aromatic rings. The van der Waals surface area contributed by atoms with Gasteiger partial charge in [-0.3, -0.25) is 4.79 Å². The lowest BCUT2D eigenvalue weighted by molar-refractivity contribution is -0.126. The molecule has 11 heteroatoms. The number of hydrogen-bond donors (Lipinski definition) is 1. The Morgan fingerprint density at radius 2 is 1.79 bits per heavy atom. The fourth-order valence-corrected chi connectivity index (χ4v) is 6.58. The summed E-state index contributed by atoms with van der Waals surface area (Å²) in [7, 11) is -6.97. The zero-order valence-electron chi connectivity index (χ0n) is 18.3. The van der Waals surface area contributed by atoms with Crippen LogP contribution in [-0.4, -0.2) is 46.4 Å². The van der Waals surface area contributed by atoms with E-state index < -0.39 is 25.8 Å². The molecule has 7 nitrogen and oxygen atoms in total. The van der Waals surface area contributed by atoms with Gasteiger partial charge in [0.1, 0.15) is 0 Å². The molecule has 0 spiro atoms. The molecule has 0 unspecified atom stereocenters. The first-order chi connectivity index (χ1) is 15.4. The zero-order valence-corrected chi connectivity index (χ0v) is 21.4. The van der Waals surface area contributed by atoms with E-state index in [0.29, 0.717) is 30.0 Å². The van der Waals surface area contributed by atoms with Crippen molar-refractivity contribution in [1.29, 1.82) is 0 Å². The topological polar surface area (TPSA) is 101 Å². The number of rotatable bonds is 7. The average molecular weight is 533 g/mol. The number of sulfone groups is 1. The van der Waals surface area contributed by atoms with Crippen LogP contribution in [0.3, 0.4) is 0 Å². The number of sulfonamides is 1. The second-order valence-electron chi connectivity index (χ2n) is 8.26. The molecule has 1 N–H and O–H groups in total. The molecular formula is C22H26Cl2N2O5S2. The Labute approximate surface area is 205 Å². The fraction of sp³-hybridized carbons (Fsp3) is 0.409. The molecule has 3 rings (SSSR count). The Bertz CT molecular complexity index is 1230. The molecule has 0 radical (unpaired) electrons. The summed E-state index contributed by atoms with van der Waals surface area (Å²) < 4.78 is 50.5. The van der Waals surface area contributed by atoms with Crippen molar-refractivity contribution in [3.63, 3.8) is 0 Å². The highest BCUT2D eigenvalue weighted by Crippen LogP contribution is 2.27. The van der Waals surface area contributed by atoms with Gasteiger partial charge in [-0.25, -0.2) is 21.1 Å². The number of nitrogens with zero attached hydrogens (tertiary/aromatic N) is 1. The van der Waals surface area contributed by atoms with E-state index in [1.54, 1.807) is 31.2 Å². The standard InChI is InChI=1S/C22H26Cl2N2O5S2/c1-15(16-6-9-20(10-7-16)32(2,28)29)25-22(27)17-4-3-11-26(13-17)33(30,31)14-18-5-8-19(23)12-21(18)24/h5-10,12,15,17H,3-4,11,13-14H2,1-2H3,(H,25,27)/t15-,17+/m0/s1. The van der Waals surface area contributed by atoms with Gasteiger partial charge < -0.3 is 5.32 Å². The van der Waals surface area contributed by atoms with E-state index >= 15 is 0 Å². The summed E-state index contributed by atoms with van der Waals surface area (Å²) in [6.45, 7) is 2.24. The number of piperidine rings is 1. The van der Waals surface area contributed by atoms with E-state index in [-0.39, 0.29) is 34.2 Å². The number of benzene rings is 2. The summed E-state index contributed by atoms with van der Waals surface area (Å²) in [5, 5.41) is 3.63. The predicted molar refractivity (Wildman–Crippen MR) is 129 cm³/mol. The van der Waals surface area contributed by atoms with Crippen molar-refractivity contribution in [2.24, 2.45) is 5.92 Å². The van der Waals surface area contributed by atoms with Crippen molar-refractivity contribution in [3.8, 4) is 0 Å². The number of hydrogen-bond acceptors (Lipinski definition) is 5. The Morgan fingerprint density at radius 1 is 1.12 bits per heavy atom. The second kappa shape index (κ2) is 10.3. The van der Waals surface area contributed by atoms with Gasteiger partial charge >= 0.3 is 0 Å². The predicted octanol–water partition coefficient (Wildman–Crippen LogP) is 3.82. The molecule has 0 aliphatic carbocycles. The van der Waals surface area contributed by atoms with Gasteiger partial charge in [0.05, 0.1) is 22.6 Å². The first-order valence-corrected chi connectivity index (χ1v) is 14.6. The molecule has 180 valence electrons. The van der Waals surface area contributed by atoms with Gasteiger partial charge in [-0.1, -0.05) is 41.4 Å². The van der Waals surface area contributed by atoms with Gasteiger partial charge in [-0.2, -0.15) is 0 Å². The second-order valence-corrected chi connectivity index (χ2v) is 13.1. The van der Waals surface area contributed by atoms with Crippen molar-refractivity contribution in [2.75, 3.05) is 19.3 Å². The smallest absolute Gasteiger partial charge is 0.224 e. The molecule has 1 amide bonds. The zero-order chi connectivity index (χ0) is 24.4. The minimum atomic E-state index is -3.67. The summed E-state index contributed by atoms with van der Waals surface area (Å²) in [5.41, 5.74) is 1.22. The number of amides is 1. The van der Waals surface area contributed by atoms with Gasteiger partial charge in [0, 0.05) is 29.4 Å². The SMILES string of the molecule is C[C@H](NC(=O)[C@@H]1CCCN(S(=O)(=O)Cc2ccc(Cl)cc2Cl)C1)c1ccc(S(C)(=O)=O)cc1. The third-order valence-electron chi connectivity index (χ3n) is 5.67. The molecule has 0 bridgehead atoms. The van der Waals surface area contributed by atoms with Crippen LogP contribution >= 0.6 is 23.2 Å². The number of nitrogens with one attached hydrogen (secondary N) is 1. The maximum Gasteiger partial charge on any atom is 0.224 e. The molecule has 0 saturated carbocycles. The molecule has 1 aliphatic rings. The van der Waals surface area contributed by atoms with Crippen LogP contribution in [-0.2, 0) is 30.4 Å². The Kier molecular flexibility index (Phi) is 8.11. The van der Waals surface area contributed by atoms with Crippen LogP contribution in [0.2, 0.25) is 10.0 Å². The molecular weight excluding hydrogens is 507 g/mol. The minimum absolute atomic E-state index is 0.0963. The van der Waals surface area contributed by atoms with E-state index in [1.807, 2.05) is 0 Å². The molecule has 1 fully saturated rings. The lowest BCUT2D eigenvalue weighted by Gasteiger charge is -2.32. The van der Waals surface area contributed by atoms with E-state index in [0.717, 1.165) is 11.8 Å². The van der Waals surface area contributed by atoms with Gasteiger partial charge in [0.15, 0.2) is 9.84 Å². The van der Waals surface area contributed by atoms with Crippen LogP contribution in [0.5, 0.6) is 0 Å². The fourth-order valence-electron chi connectivity index (χ4n) is 3.75. The summed E-state index contributed by atoms with van der Waals surface area (Å²) >= 11 is 12.0. The molecule has 33 heavy (non-hydrogen) atoms. The monoisotopic (exact) mass is 532 g/mol. The summed E-state index contributed by atoms with van der Waals surface area (Å²) in [5.74, 6) is -0.980. The highest BCUT2D eigenvalue weighted by molar-refractivity contribution is 7.90. The van der Waals surface area contributed by atoms with Crippen LogP contribution in [0.15, 0.2) is 47.4 Å². The van der Waals surface area contributed by atoms with E-state index in [2.05, 4.69) is 5.32 Å². The summed E-state index contributed by atoms with van der Waals surface area (Å²) in [4.78, 5) is 13.1. The van der Waals surface area contributed by atoms with Crippen molar-refractivity contribution >= 4 is 49.0 Å². The third-order valence-corrected chi connectivity index (χ3v) is 9.18. The summed E-state index contributed by atoms with van der Waals surface area (Å²) in [6, 6.07) is 10.7. The van der Waals surface area contributed by atoms with Gasteiger partial charge in [0.25, 0.3) is 0 Å². The lowest BCUT2D eigenvalue weighted by Crippen LogP contribution is -2.46. The first-order valence-electron chi connectivity index (χ1n) is 10.4. The average Bonchev–Trinajstić information content (AvgIpc) is 2.75. The van der Waals surface area contributed by atoms with Crippen LogP contribution in [0.1, 0.15) is 36.9 Å². The Morgan fingerprint density at radius 3 is 2.39 bits per heavy atom. The number of halogens is 2. The van der Waals surface area contributed by atoms with E-state index in [4.69, 9.17) is 23.2 Å². The molecule has 1 aliphatic heterocycles. The van der Waals surface area contributed by atoms with Crippen molar-refractivity contribution in [2.45, 2.75) is 36.5 Å².